The van der Waals surface area contributed by atoms with Crippen molar-refractivity contribution in [2.75, 3.05) is 19.6 Å². The zero-order valence-electron chi connectivity index (χ0n) is 10.7. The fourth-order valence-electron chi connectivity index (χ4n) is 2.23. The zero-order chi connectivity index (χ0) is 13.1. The number of halogens is 1. The van der Waals surface area contributed by atoms with Gasteiger partial charge in [-0.2, -0.15) is 0 Å². The second kappa shape index (κ2) is 5.71. The van der Waals surface area contributed by atoms with Crippen LogP contribution < -0.4 is 5.32 Å². The summed E-state index contributed by atoms with van der Waals surface area (Å²) in [6, 6.07) is 0.255. The molecule has 0 saturated carbocycles. The molecule has 1 aliphatic heterocycles. The molecular formula is C12H18ClN3O2. The van der Waals surface area contributed by atoms with Gasteiger partial charge in [-0.1, -0.05) is 5.16 Å². The average Bonchev–Trinajstić information content (AvgIpc) is 2.67. The summed E-state index contributed by atoms with van der Waals surface area (Å²) in [7, 11) is 0. The maximum absolute atomic E-state index is 12.1. The summed E-state index contributed by atoms with van der Waals surface area (Å²) < 4.78 is 4.87. The van der Waals surface area contributed by atoms with Gasteiger partial charge in [0.1, 0.15) is 0 Å². The van der Waals surface area contributed by atoms with E-state index in [4.69, 9.17) is 16.1 Å². The predicted octanol–water partition coefficient (Wildman–Crippen LogP) is 1.39. The van der Waals surface area contributed by atoms with Crippen LogP contribution >= 0.6 is 11.6 Å². The molecule has 2 rings (SSSR count). The molecule has 1 aromatic rings. The molecule has 1 saturated heterocycles. The number of rotatable bonds is 3. The van der Waals surface area contributed by atoms with Gasteiger partial charge in [0.05, 0.1) is 5.69 Å². The minimum absolute atomic E-state index is 0.167. The Morgan fingerprint density at radius 3 is 3.06 bits per heavy atom. The summed E-state index contributed by atoms with van der Waals surface area (Å²) in [5, 5.41) is 7.35. The van der Waals surface area contributed by atoms with Crippen LogP contribution in [-0.4, -0.2) is 41.6 Å². The van der Waals surface area contributed by atoms with Crippen molar-refractivity contribution in [3.05, 3.63) is 16.5 Å². The van der Waals surface area contributed by atoms with E-state index in [0.717, 1.165) is 30.9 Å². The summed E-state index contributed by atoms with van der Waals surface area (Å²) in [4.78, 5) is 14.1. The van der Waals surface area contributed by atoms with E-state index < -0.39 is 0 Å². The van der Waals surface area contributed by atoms with Gasteiger partial charge in [-0.3, -0.25) is 4.79 Å². The third kappa shape index (κ3) is 2.84. The Balaban J connectivity index is 1.92. The van der Waals surface area contributed by atoms with Crippen LogP contribution in [0.1, 0.15) is 24.6 Å². The first-order valence-electron chi connectivity index (χ1n) is 6.20. The van der Waals surface area contributed by atoms with E-state index in [1.807, 2.05) is 11.8 Å². The van der Waals surface area contributed by atoms with Crippen LogP contribution in [0.4, 0.5) is 0 Å². The third-order valence-electron chi connectivity index (χ3n) is 3.35. The van der Waals surface area contributed by atoms with Crippen molar-refractivity contribution in [3.8, 4) is 0 Å². The molecule has 1 N–H and O–H groups in total. The second-order valence-corrected chi connectivity index (χ2v) is 5.00. The van der Waals surface area contributed by atoms with Gasteiger partial charge in [0.15, 0.2) is 0 Å². The van der Waals surface area contributed by atoms with Crippen molar-refractivity contribution in [1.29, 1.82) is 0 Å². The zero-order valence-corrected chi connectivity index (χ0v) is 11.5. The molecule has 1 fully saturated rings. The second-order valence-electron chi connectivity index (χ2n) is 4.66. The van der Waals surface area contributed by atoms with Crippen LogP contribution in [-0.2, 0) is 11.2 Å². The largest absolute Gasteiger partial charge is 0.344 e. The number of hydrogen-bond acceptors (Lipinski definition) is 4. The van der Waals surface area contributed by atoms with Crippen molar-refractivity contribution >= 4 is 17.5 Å². The molecule has 0 bridgehead atoms. The Kier molecular flexibility index (Phi) is 4.24. The minimum atomic E-state index is 0.167. The lowest BCUT2D eigenvalue weighted by Crippen LogP contribution is -2.52. The number of nitrogens with zero attached hydrogens (tertiary/aromatic N) is 2. The normalized spacial score (nSPS) is 20.2. The molecule has 2 heterocycles. The lowest BCUT2D eigenvalue weighted by Gasteiger charge is -2.34. The monoisotopic (exact) mass is 271 g/mol. The molecule has 0 spiro atoms. The van der Waals surface area contributed by atoms with Gasteiger partial charge >= 0.3 is 0 Å². The highest BCUT2D eigenvalue weighted by atomic mass is 35.5. The SMILES string of the molecule is Cc1noc(Cl)c1CCC(=O)N1CCNC[C@@H]1C. The van der Waals surface area contributed by atoms with Crippen molar-refractivity contribution in [3.63, 3.8) is 0 Å². The van der Waals surface area contributed by atoms with Crippen molar-refractivity contribution in [2.24, 2.45) is 0 Å². The van der Waals surface area contributed by atoms with Gasteiger partial charge < -0.3 is 14.7 Å². The Hall–Kier alpha value is -1.07. The van der Waals surface area contributed by atoms with E-state index >= 15 is 0 Å². The summed E-state index contributed by atoms with van der Waals surface area (Å²) in [5.74, 6) is 0.167. The molecule has 1 aliphatic rings. The summed E-state index contributed by atoms with van der Waals surface area (Å²) >= 11 is 5.88. The number of amides is 1. The first-order valence-corrected chi connectivity index (χ1v) is 6.58. The van der Waals surface area contributed by atoms with Crippen LogP contribution in [0.2, 0.25) is 5.22 Å². The van der Waals surface area contributed by atoms with Gasteiger partial charge in [-0.05, 0) is 31.9 Å². The van der Waals surface area contributed by atoms with Gasteiger partial charge in [0.25, 0.3) is 0 Å². The Morgan fingerprint density at radius 2 is 2.44 bits per heavy atom. The van der Waals surface area contributed by atoms with E-state index in [-0.39, 0.29) is 11.9 Å². The molecule has 0 aliphatic carbocycles. The maximum Gasteiger partial charge on any atom is 0.229 e. The molecule has 1 atom stereocenters. The van der Waals surface area contributed by atoms with Crippen LogP contribution in [0.3, 0.4) is 0 Å². The number of nitrogens with one attached hydrogen (secondary N) is 1. The molecule has 6 heteroatoms. The lowest BCUT2D eigenvalue weighted by molar-refractivity contribution is -0.133. The van der Waals surface area contributed by atoms with Crippen molar-refractivity contribution in [1.82, 2.24) is 15.4 Å². The van der Waals surface area contributed by atoms with E-state index in [1.165, 1.54) is 0 Å². The summed E-state index contributed by atoms with van der Waals surface area (Å²) in [6.07, 6.45) is 1.04. The average molecular weight is 272 g/mol. The molecule has 1 amide bonds. The van der Waals surface area contributed by atoms with E-state index in [0.29, 0.717) is 18.1 Å². The minimum Gasteiger partial charge on any atom is -0.344 e. The van der Waals surface area contributed by atoms with E-state index in [2.05, 4.69) is 17.4 Å². The quantitative estimate of drug-likeness (QED) is 0.903. The molecule has 18 heavy (non-hydrogen) atoms. The number of hydrogen-bond donors (Lipinski definition) is 1. The summed E-state index contributed by atoms with van der Waals surface area (Å²) in [6.45, 7) is 6.39. The molecule has 1 aromatic heterocycles. The smallest absolute Gasteiger partial charge is 0.229 e. The third-order valence-corrected chi connectivity index (χ3v) is 3.64. The highest BCUT2D eigenvalue weighted by Crippen LogP contribution is 2.21. The molecule has 0 unspecified atom stereocenters. The van der Waals surface area contributed by atoms with E-state index in [1.54, 1.807) is 0 Å². The lowest BCUT2D eigenvalue weighted by atomic mass is 10.1. The predicted molar refractivity (Wildman–Crippen MR) is 68.6 cm³/mol. The highest BCUT2D eigenvalue weighted by molar-refractivity contribution is 6.29. The molecule has 5 nitrogen and oxygen atoms in total. The molecule has 0 aromatic carbocycles. The van der Waals surface area contributed by atoms with E-state index in [9.17, 15) is 4.79 Å². The Labute approximate surface area is 111 Å². The van der Waals surface area contributed by atoms with Crippen molar-refractivity contribution in [2.45, 2.75) is 32.7 Å². The first kappa shape index (κ1) is 13.4. The number of carbonyl (C=O) groups is 1. The number of aryl methyl sites for hydroxylation is 1. The van der Waals surface area contributed by atoms with Gasteiger partial charge in [-0.15, -0.1) is 0 Å². The standard InChI is InChI=1S/C12H18ClN3O2/c1-8-7-14-5-6-16(8)11(17)4-3-10-9(2)15-18-12(10)13/h8,14H,3-7H2,1-2H3/t8-/m0/s1. The van der Waals surface area contributed by atoms with Gasteiger partial charge in [0, 0.05) is 37.7 Å². The van der Waals surface area contributed by atoms with Crippen LogP contribution in [0, 0.1) is 6.92 Å². The number of aromatic nitrogens is 1. The van der Waals surface area contributed by atoms with Crippen LogP contribution in [0.5, 0.6) is 0 Å². The Morgan fingerprint density at radius 1 is 1.67 bits per heavy atom. The maximum atomic E-state index is 12.1. The fraction of sp³-hybridized carbons (Fsp3) is 0.667. The molecular weight excluding hydrogens is 254 g/mol. The van der Waals surface area contributed by atoms with Gasteiger partial charge in [0.2, 0.25) is 11.1 Å². The van der Waals surface area contributed by atoms with Gasteiger partial charge in [-0.25, -0.2) is 0 Å². The van der Waals surface area contributed by atoms with Crippen LogP contribution in [0.15, 0.2) is 4.52 Å². The Bertz CT molecular complexity index is 413. The molecule has 100 valence electrons. The topological polar surface area (TPSA) is 58.4 Å². The fourth-order valence-corrected chi connectivity index (χ4v) is 2.49. The summed E-state index contributed by atoms with van der Waals surface area (Å²) in [5.41, 5.74) is 1.61. The number of carbonyl (C=O) groups excluding carboxylic acids is 1. The number of piperazine rings is 1. The highest BCUT2D eigenvalue weighted by Gasteiger charge is 2.23. The van der Waals surface area contributed by atoms with Crippen molar-refractivity contribution < 1.29 is 9.32 Å². The molecule has 0 radical (unpaired) electrons. The first-order chi connectivity index (χ1) is 8.59. The van der Waals surface area contributed by atoms with Crippen LogP contribution in [0.25, 0.3) is 0 Å².